The largest absolute Gasteiger partial charge is 0.378 e. The van der Waals surface area contributed by atoms with Crippen LogP contribution in [0.5, 0.6) is 0 Å². The van der Waals surface area contributed by atoms with Gasteiger partial charge in [-0.05, 0) is 18.9 Å². The zero-order valence-electron chi connectivity index (χ0n) is 8.47. The quantitative estimate of drug-likeness (QED) is 0.592. The van der Waals surface area contributed by atoms with Crippen molar-refractivity contribution in [2.24, 2.45) is 5.92 Å². The van der Waals surface area contributed by atoms with Gasteiger partial charge in [-0.3, -0.25) is 0 Å². The smallest absolute Gasteiger partial charge is 0.145 e. The molecule has 0 aromatic rings. The van der Waals surface area contributed by atoms with E-state index in [-0.39, 0.29) is 11.7 Å². The number of allylic oxidation sites excluding steroid dienone is 4. The normalized spacial score (nSPS) is 22.8. The molecule has 13 heavy (non-hydrogen) atoms. The maximum absolute atomic E-state index is 13.7. The molecular weight excluding hydrogens is 165 g/mol. The Morgan fingerprint density at radius 2 is 2.23 bits per heavy atom. The molecule has 0 aromatic heterocycles. The van der Waals surface area contributed by atoms with Crippen LogP contribution in [0.1, 0.15) is 13.3 Å². The summed E-state index contributed by atoms with van der Waals surface area (Å²) < 4.78 is 13.7. The zero-order chi connectivity index (χ0) is 10.0. The molecule has 0 bridgehead atoms. The molecule has 0 saturated carbocycles. The summed E-state index contributed by atoms with van der Waals surface area (Å²) in [4.78, 5) is 1.83. The van der Waals surface area contributed by atoms with Gasteiger partial charge in [0.1, 0.15) is 5.83 Å². The number of rotatable bonds is 2. The second-order valence-electron chi connectivity index (χ2n) is 3.56. The van der Waals surface area contributed by atoms with Gasteiger partial charge in [0.15, 0.2) is 0 Å². The van der Waals surface area contributed by atoms with Crippen molar-refractivity contribution < 1.29 is 4.39 Å². The van der Waals surface area contributed by atoms with Gasteiger partial charge in [0.05, 0.1) is 5.70 Å². The summed E-state index contributed by atoms with van der Waals surface area (Å²) in [5.41, 5.74) is 1.48. The third-order valence-electron chi connectivity index (χ3n) is 2.37. The van der Waals surface area contributed by atoms with E-state index in [1.807, 2.05) is 25.1 Å². The summed E-state index contributed by atoms with van der Waals surface area (Å²) in [5, 5.41) is 0. The van der Waals surface area contributed by atoms with Crippen LogP contribution in [0.25, 0.3) is 0 Å². The molecule has 0 aromatic carbocycles. The van der Waals surface area contributed by atoms with Crippen molar-refractivity contribution in [2.75, 3.05) is 14.1 Å². The lowest BCUT2D eigenvalue weighted by atomic mass is 9.92. The third kappa shape index (κ3) is 1.82. The number of halogens is 1. The van der Waals surface area contributed by atoms with Crippen LogP contribution < -0.4 is 0 Å². The molecule has 0 N–H and O–H groups in total. The van der Waals surface area contributed by atoms with E-state index in [1.54, 1.807) is 13.0 Å². The molecule has 0 heterocycles. The van der Waals surface area contributed by atoms with E-state index in [2.05, 4.69) is 6.58 Å². The monoisotopic (exact) mass is 181 g/mol. The fourth-order valence-electron chi connectivity index (χ4n) is 1.61. The summed E-state index contributed by atoms with van der Waals surface area (Å²) >= 11 is 0. The lowest BCUT2D eigenvalue weighted by Crippen LogP contribution is -2.21. The highest BCUT2D eigenvalue weighted by molar-refractivity contribution is 5.34. The van der Waals surface area contributed by atoms with E-state index in [4.69, 9.17) is 0 Å². The molecule has 0 aliphatic heterocycles. The maximum atomic E-state index is 13.7. The maximum Gasteiger partial charge on any atom is 0.145 e. The minimum atomic E-state index is -0.0962. The van der Waals surface area contributed by atoms with Gasteiger partial charge in [-0.1, -0.05) is 12.2 Å². The summed E-state index contributed by atoms with van der Waals surface area (Å²) in [6.45, 7) is 5.52. The van der Waals surface area contributed by atoms with E-state index in [1.165, 1.54) is 0 Å². The van der Waals surface area contributed by atoms with Crippen LogP contribution in [0.15, 0.2) is 35.8 Å². The second kappa shape index (κ2) is 3.77. The molecular formula is C11H16FN. The van der Waals surface area contributed by atoms with E-state index >= 15 is 0 Å². The van der Waals surface area contributed by atoms with E-state index in [0.717, 1.165) is 17.7 Å². The first-order valence-electron chi connectivity index (χ1n) is 4.44. The van der Waals surface area contributed by atoms with Crippen molar-refractivity contribution in [2.45, 2.75) is 13.3 Å². The van der Waals surface area contributed by atoms with Crippen molar-refractivity contribution in [1.29, 1.82) is 0 Å². The molecule has 1 aliphatic rings. The standard InChI is InChI=1S/C11H16FN/c1-5-9-7-6-8(2)10(12)11(9)13(3)4/h5-6,9H,1,7H2,2-4H3/t9-/m0/s1. The Hall–Kier alpha value is -1.05. The van der Waals surface area contributed by atoms with Crippen molar-refractivity contribution in [3.8, 4) is 0 Å². The van der Waals surface area contributed by atoms with Crippen molar-refractivity contribution in [3.63, 3.8) is 0 Å². The molecule has 0 saturated heterocycles. The van der Waals surface area contributed by atoms with Crippen LogP contribution in [0.3, 0.4) is 0 Å². The van der Waals surface area contributed by atoms with Gasteiger partial charge >= 0.3 is 0 Å². The average Bonchev–Trinajstić information content (AvgIpc) is 2.08. The van der Waals surface area contributed by atoms with Crippen LogP contribution in [0, 0.1) is 5.92 Å². The molecule has 0 fully saturated rings. The second-order valence-corrected chi connectivity index (χ2v) is 3.56. The molecule has 1 aliphatic carbocycles. The number of nitrogens with zero attached hydrogens (tertiary/aromatic N) is 1. The summed E-state index contributed by atoms with van der Waals surface area (Å²) in [6.07, 6.45) is 4.59. The van der Waals surface area contributed by atoms with Crippen molar-refractivity contribution >= 4 is 0 Å². The van der Waals surface area contributed by atoms with Gasteiger partial charge in [-0.2, -0.15) is 0 Å². The molecule has 1 rings (SSSR count). The first kappa shape index (κ1) is 10.0. The number of hydrogen-bond acceptors (Lipinski definition) is 1. The van der Waals surface area contributed by atoms with E-state index in [9.17, 15) is 4.39 Å². The van der Waals surface area contributed by atoms with Gasteiger partial charge in [-0.25, -0.2) is 4.39 Å². The summed E-state index contributed by atoms with van der Waals surface area (Å²) in [7, 11) is 3.73. The Morgan fingerprint density at radius 1 is 1.62 bits per heavy atom. The minimum Gasteiger partial charge on any atom is -0.378 e. The molecule has 1 atom stereocenters. The first-order valence-corrected chi connectivity index (χ1v) is 4.44. The molecule has 2 heteroatoms. The van der Waals surface area contributed by atoms with Crippen molar-refractivity contribution in [3.05, 3.63) is 35.8 Å². The fraction of sp³-hybridized carbons (Fsp3) is 0.455. The predicted octanol–water partition coefficient (Wildman–Crippen LogP) is 2.88. The Kier molecular flexibility index (Phi) is 2.91. The molecule has 1 nitrogen and oxygen atoms in total. The summed E-state index contributed by atoms with van der Waals surface area (Å²) in [5.74, 6) is 0.0276. The first-order chi connectivity index (χ1) is 6.07. The molecule has 72 valence electrons. The van der Waals surface area contributed by atoms with Crippen LogP contribution in [-0.4, -0.2) is 19.0 Å². The Bertz CT molecular complexity index is 274. The predicted molar refractivity (Wildman–Crippen MR) is 53.9 cm³/mol. The highest BCUT2D eigenvalue weighted by Gasteiger charge is 2.22. The molecule has 0 amide bonds. The topological polar surface area (TPSA) is 3.24 Å². The highest BCUT2D eigenvalue weighted by Crippen LogP contribution is 2.32. The lowest BCUT2D eigenvalue weighted by Gasteiger charge is -2.27. The van der Waals surface area contributed by atoms with E-state index in [0.29, 0.717) is 0 Å². The Labute approximate surface area is 79.2 Å². The zero-order valence-corrected chi connectivity index (χ0v) is 8.47. The van der Waals surface area contributed by atoms with Gasteiger partial charge in [0.2, 0.25) is 0 Å². The highest BCUT2D eigenvalue weighted by atomic mass is 19.1. The van der Waals surface area contributed by atoms with Gasteiger partial charge in [0.25, 0.3) is 0 Å². The average molecular weight is 181 g/mol. The van der Waals surface area contributed by atoms with Crippen LogP contribution in [-0.2, 0) is 0 Å². The molecule has 0 radical (unpaired) electrons. The molecule has 0 spiro atoms. The van der Waals surface area contributed by atoms with Crippen LogP contribution >= 0.6 is 0 Å². The van der Waals surface area contributed by atoms with Gasteiger partial charge in [-0.15, -0.1) is 6.58 Å². The van der Waals surface area contributed by atoms with Gasteiger partial charge in [0, 0.05) is 20.0 Å². The third-order valence-corrected chi connectivity index (χ3v) is 2.37. The Balaban J connectivity index is 3.09. The Morgan fingerprint density at radius 3 is 2.69 bits per heavy atom. The van der Waals surface area contributed by atoms with Crippen LogP contribution in [0.2, 0.25) is 0 Å². The van der Waals surface area contributed by atoms with Crippen LogP contribution in [0.4, 0.5) is 4.39 Å². The SMILES string of the molecule is C=C[C@H]1CC=C(C)C(F)=C1N(C)C. The molecule has 0 unspecified atom stereocenters. The minimum absolute atomic E-state index is 0.0962. The fourth-order valence-corrected chi connectivity index (χ4v) is 1.61. The van der Waals surface area contributed by atoms with E-state index < -0.39 is 0 Å². The van der Waals surface area contributed by atoms with Crippen molar-refractivity contribution in [1.82, 2.24) is 4.90 Å². The number of hydrogen-bond donors (Lipinski definition) is 0. The van der Waals surface area contributed by atoms with Gasteiger partial charge < -0.3 is 4.90 Å². The lowest BCUT2D eigenvalue weighted by molar-refractivity contribution is 0.413. The summed E-state index contributed by atoms with van der Waals surface area (Å²) in [6, 6.07) is 0.